The van der Waals surface area contributed by atoms with Gasteiger partial charge in [-0.2, -0.15) is 4.98 Å². The van der Waals surface area contributed by atoms with Crippen molar-refractivity contribution in [3.63, 3.8) is 0 Å². The van der Waals surface area contributed by atoms with E-state index >= 15 is 0 Å². The summed E-state index contributed by atoms with van der Waals surface area (Å²) < 4.78 is 10.6. The summed E-state index contributed by atoms with van der Waals surface area (Å²) in [7, 11) is 1.64. The van der Waals surface area contributed by atoms with Gasteiger partial charge in [-0.15, -0.1) is 0 Å². The summed E-state index contributed by atoms with van der Waals surface area (Å²) in [6, 6.07) is 8.23. The number of aromatic nitrogens is 2. The van der Waals surface area contributed by atoms with E-state index in [1.165, 1.54) is 5.56 Å². The maximum absolute atomic E-state index is 12.8. The SMILES string of the molecule is COC(C)c1noc(CN2CCCN(CCC(=O)N3CCc4ccccc43)CC2)n1. The highest BCUT2D eigenvalue weighted by Gasteiger charge is 2.25. The molecule has 1 amide bonds. The van der Waals surface area contributed by atoms with Crippen LogP contribution in [0.25, 0.3) is 0 Å². The number of ether oxygens (including phenoxy) is 1. The molecule has 1 atom stereocenters. The lowest BCUT2D eigenvalue weighted by Gasteiger charge is -2.23. The Morgan fingerprint density at radius 1 is 1.17 bits per heavy atom. The second-order valence-corrected chi connectivity index (χ2v) is 8.07. The molecule has 0 spiro atoms. The largest absolute Gasteiger partial charge is 0.374 e. The Bertz CT molecular complexity index is 855. The van der Waals surface area contributed by atoms with E-state index in [-0.39, 0.29) is 12.0 Å². The molecule has 0 bridgehead atoms. The smallest absolute Gasteiger partial charge is 0.240 e. The molecule has 0 aliphatic carbocycles. The molecule has 30 heavy (non-hydrogen) atoms. The van der Waals surface area contributed by atoms with E-state index in [1.54, 1.807) is 7.11 Å². The van der Waals surface area contributed by atoms with Crippen molar-refractivity contribution in [2.45, 2.75) is 38.8 Å². The lowest BCUT2D eigenvalue weighted by Crippen LogP contribution is -2.35. The minimum Gasteiger partial charge on any atom is -0.374 e. The summed E-state index contributed by atoms with van der Waals surface area (Å²) in [6.45, 7) is 8.04. The second kappa shape index (κ2) is 9.68. The van der Waals surface area contributed by atoms with Crippen LogP contribution in [0.2, 0.25) is 0 Å². The molecular weight excluding hydrogens is 382 g/mol. The van der Waals surface area contributed by atoms with Crippen molar-refractivity contribution < 1.29 is 14.1 Å². The van der Waals surface area contributed by atoms with E-state index < -0.39 is 0 Å². The first kappa shape index (κ1) is 21.0. The summed E-state index contributed by atoms with van der Waals surface area (Å²) in [4.78, 5) is 23.9. The molecule has 1 fully saturated rings. The highest BCUT2D eigenvalue weighted by Crippen LogP contribution is 2.27. The van der Waals surface area contributed by atoms with Gasteiger partial charge in [-0.05, 0) is 44.5 Å². The highest BCUT2D eigenvalue weighted by atomic mass is 16.5. The zero-order valence-corrected chi connectivity index (χ0v) is 17.9. The highest BCUT2D eigenvalue weighted by molar-refractivity contribution is 5.95. The van der Waals surface area contributed by atoms with Crippen molar-refractivity contribution >= 4 is 11.6 Å². The molecule has 162 valence electrons. The first-order chi connectivity index (χ1) is 14.6. The van der Waals surface area contributed by atoms with E-state index in [1.807, 2.05) is 24.0 Å². The van der Waals surface area contributed by atoms with Crippen LogP contribution in [0.1, 0.15) is 43.1 Å². The van der Waals surface area contributed by atoms with Gasteiger partial charge in [-0.3, -0.25) is 9.69 Å². The van der Waals surface area contributed by atoms with Gasteiger partial charge in [0.1, 0.15) is 6.10 Å². The van der Waals surface area contributed by atoms with Crippen LogP contribution in [0.3, 0.4) is 0 Å². The molecule has 2 aromatic rings. The lowest BCUT2D eigenvalue weighted by molar-refractivity contribution is -0.118. The van der Waals surface area contributed by atoms with Crippen LogP contribution in [-0.4, -0.2) is 72.2 Å². The fraction of sp³-hybridized carbons (Fsp3) is 0.591. The van der Waals surface area contributed by atoms with Crippen molar-refractivity contribution in [1.82, 2.24) is 19.9 Å². The summed E-state index contributed by atoms with van der Waals surface area (Å²) in [5, 5.41) is 4.00. The molecule has 0 N–H and O–H groups in total. The molecule has 1 saturated heterocycles. The van der Waals surface area contributed by atoms with Crippen LogP contribution in [0, 0.1) is 0 Å². The molecule has 3 heterocycles. The average molecular weight is 414 g/mol. The van der Waals surface area contributed by atoms with Gasteiger partial charge < -0.3 is 19.1 Å². The van der Waals surface area contributed by atoms with Gasteiger partial charge in [0.2, 0.25) is 11.8 Å². The summed E-state index contributed by atoms with van der Waals surface area (Å²) in [6.07, 6.45) is 2.43. The predicted molar refractivity (Wildman–Crippen MR) is 113 cm³/mol. The number of carbonyl (C=O) groups is 1. The first-order valence-electron chi connectivity index (χ1n) is 10.8. The maximum atomic E-state index is 12.8. The van der Waals surface area contributed by atoms with Gasteiger partial charge >= 0.3 is 0 Å². The van der Waals surface area contributed by atoms with E-state index in [0.717, 1.165) is 57.8 Å². The van der Waals surface area contributed by atoms with Gasteiger partial charge in [-0.1, -0.05) is 23.4 Å². The maximum Gasteiger partial charge on any atom is 0.240 e. The summed E-state index contributed by atoms with van der Waals surface area (Å²) in [5.74, 6) is 1.45. The molecule has 2 aliphatic heterocycles. The molecule has 0 saturated carbocycles. The number of rotatable bonds is 7. The van der Waals surface area contributed by atoms with Gasteiger partial charge in [-0.25, -0.2) is 0 Å². The van der Waals surface area contributed by atoms with Gasteiger partial charge in [0.15, 0.2) is 5.82 Å². The van der Waals surface area contributed by atoms with Crippen molar-refractivity contribution in [1.29, 1.82) is 0 Å². The minimum atomic E-state index is -0.165. The van der Waals surface area contributed by atoms with Crippen LogP contribution in [0.4, 0.5) is 5.69 Å². The number of para-hydroxylation sites is 1. The number of fused-ring (bicyclic) bond motifs is 1. The van der Waals surface area contributed by atoms with Gasteiger partial charge in [0.25, 0.3) is 0 Å². The van der Waals surface area contributed by atoms with Crippen molar-refractivity contribution in [3.05, 3.63) is 41.5 Å². The lowest BCUT2D eigenvalue weighted by atomic mass is 10.2. The summed E-state index contributed by atoms with van der Waals surface area (Å²) >= 11 is 0. The van der Waals surface area contributed by atoms with Crippen LogP contribution >= 0.6 is 0 Å². The number of carbonyl (C=O) groups excluding carboxylic acids is 1. The van der Waals surface area contributed by atoms with E-state index in [4.69, 9.17) is 9.26 Å². The Morgan fingerprint density at radius 3 is 2.83 bits per heavy atom. The first-order valence-corrected chi connectivity index (χ1v) is 10.8. The van der Waals surface area contributed by atoms with Crippen molar-refractivity contribution in [2.24, 2.45) is 0 Å². The molecule has 2 aliphatic rings. The number of hydrogen-bond donors (Lipinski definition) is 0. The quantitative estimate of drug-likeness (QED) is 0.689. The number of benzene rings is 1. The van der Waals surface area contributed by atoms with Crippen molar-refractivity contribution in [2.75, 3.05) is 51.3 Å². The minimum absolute atomic E-state index is 0.165. The van der Waals surface area contributed by atoms with Crippen LogP contribution < -0.4 is 4.90 Å². The molecule has 0 radical (unpaired) electrons. The average Bonchev–Trinajstić information content (AvgIpc) is 3.35. The van der Waals surface area contributed by atoms with Gasteiger partial charge in [0, 0.05) is 45.4 Å². The third kappa shape index (κ3) is 4.88. The number of hydrogen-bond acceptors (Lipinski definition) is 7. The molecule has 1 unspecified atom stereocenters. The third-order valence-electron chi connectivity index (χ3n) is 6.07. The number of methoxy groups -OCH3 is 1. The molecule has 8 heteroatoms. The fourth-order valence-corrected chi connectivity index (χ4v) is 4.19. The number of anilines is 1. The number of amides is 1. The monoisotopic (exact) mass is 413 g/mol. The van der Waals surface area contributed by atoms with Crippen LogP contribution in [0.15, 0.2) is 28.8 Å². The predicted octanol–water partition coefficient (Wildman–Crippen LogP) is 2.26. The Morgan fingerprint density at radius 2 is 1.97 bits per heavy atom. The Hall–Kier alpha value is -2.29. The Kier molecular flexibility index (Phi) is 6.76. The topological polar surface area (TPSA) is 74.9 Å². The zero-order chi connectivity index (χ0) is 20.9. The Labute approximate surface area is 177 Å². The molecule has 1 aromatic heterocycles. The fourth-order valence-electron chi connectivity index (χ4n) is 4.19. The molecule has 1 aromatic carbocycles. The molecule has 4 rings (SSSR count). The normalized spacial score (nSPS) is 18.9. The summed E-state index contributed by atoms with van der Waals surface area (Å²) in [5.41, 5.74) is 2.37. The second-order valence-electron chi connectivity index (χ2n) is 8.07. The van der Waals surface area contributed by atoms with E-state index in [9.17, 15) is 4.79 Å². The van der Waals surface area contributed by atoms with Gasteiger partial charge in [0.05, 0.1) is 6.54 Å². The van der Waals surface area contributed by atoms with Crippen LogP contribution in [-0.2, 0) is 22.5 Å². The third-order valence-corrected chi connectivity index (χ3v) is 6.07. The molecule has 8 nitrogen and oxygen atoms in total. The standard InChI is InChI=1S/C22H31N5O3/c1-17(29-2)22-23-20(30-24-22)16-26-11-5-10-25(14-15-26)12-9-21(28)27-13-8-18-6-3-4-7-19(18)27/h3-4,6-7,17H,5,8-16H2,1-2H3. The van der Waals surface area contributed by atoms with E-state index in [2.05, 4.69) is 32.1 Å². The zero-order valence-electron chi connectivity index (χ0n) is 17.9. The van der Waals surface area contributed by atoms with Crippen molar-refractivity contribution in [3.8, 4) is 0 Å². The number of nitrogens with zero attached hydrogens (tertiary/aromatic N) is 5. The Balaban J connectivity index is 1.24. The van der Waals surface area contributed by atoms with E-state index in [0.29, 0.717) is 24.7 Å². The molecular formula is C22H31N5O3. The van der Waals surface area contributed by atoms with Crippen LogP contribution in [0.5, 0.6) is 0 Å².